The molecule has 0 amide bonds. The van der Waals surface area contributed by atoms with Crippen LogP contribution >= 0.6 is 0 Å². The summed E-state index contributed by atoms with van der Waals surface area (Å²) in [7, 11) is 0. The van der Waals surface area contributed by atoms with Crippen LogP contribution < -0.4 is 0 Å². The molecule has 0 spiro atoms. The molecular formula is C10H11O3. The fourth-order valence-electron chi connectivity index (χ4n) is 1.10. The minimum absolute atomic E-state index is 0.298. The highest BCUT2D eigenvalue weighted by atomic mass is 16.6. The van der Waals surface area contributed by atoms with Crippen LogP contribution in [0, 0.1) is 0 Å². The van der Waals surface area contributed by atoms with E-state index in [4.69, 9.17) is 0 Å². The van der Waals surface area contributed by atoms with E-state index in [1.54, 1.807) is 31.2 Å². The van der Waals surface area contributed by atoms with Crippen LogP contribution in [0.1, 0.15) is 18.9 Å². The molecule has 1 aromatic rings. The smallest absolute Gasteiger partial charge is 0.420 e. The molecule has 0 aromatic heterocycles. The van der Waals surface area contributed by atoms with Gasteiger partial charge in [-0.2, -0.15) is 0 Å². The third-order valence-corrected chi connectivity index (χ3v) is 1.91. The van der Waals surface area contributed by atoms with Gasteiger partial charge in [-0.15, -0.1) is 0 Å². The Bertz CT molecular complexity index is 271. The van der Waals surface area contributed by atoms with Crippen molar-refractivity contribution in [2.75, 3.05) is 0 Å². The summed E-state index contributed by atoms with van der Waals surface area (Å²) < 4.78 is 4.51. The highest BCUT2D eigenvalue weighted by molar-refractivity contribution is 5.40. The number of hydrogen-bond acceptors (Lipinski definition) is 3. The van der Waals surface area contributed by atoms with E-state index in [0.29, 0.717) is 12.0 Å². The molecule has 0 saturated heterocycles. The number of aliphatic hydroxyl groups is 1. The lowest BCUT2D eigenvalue weighted by Gasteiger charge is -2.23. The molecule has 13 heavy (non-hydrogen) atoms. The molecule has 1 atom stereocenters. The first-order chi connectivity index (χ1) is 6.23. The summed E-state index contributed by atoms with van der Waals surface area (Å²) in [5, 5.41) is 9.81. The Kier molecular flexibility index (Phi) is 3.03. The van der Waals surface area contributed by atoms with E-state index in [1.165, 1.54) is 6.47 Å². The quantitative estimate of drug-likeness (QED) is 0.709. The molecule has 0 aliphatic heterocycles. The fraction of sp³-hybridized carbons (Fsp3) is 0.300. The van der Waals surface area contributed by atoms with Crippen molar-refractivity contribution in [3.05, 3.63) is 35.9 Å². The zero-order valence-electron chi connectivity index (χ0n) is 7.36. The summed E-state index contributed by atoms with van der Waals surface area (Å²) in [5.41, 5.74) is 0.556. The molecular weight excluding hydrogens is 168 g/mol. The first-order valence-electron chi connectivity index (χ1n) is 4.06. The standard InChI is InChI=1S/C10H11O3/c1-2-10(12,13-8-11)9-6-4-3-5-7-9/h3-7,12H,2H2,1H3. The monoisotopic (exact) mass is 179 g/mol. The highest BCUT2D eigenvalue weighted by Crippen LogP contribution is 2.24. The minimum Gasteiger partial charge on any atom is -0.420 e. The average molecular weight is 179 g/mol. The van der Waals surface area contributed by atoms with E-state index in [-0.39, 0.29) is 0 Å². The van der Waals surface area contributed by atoms with Crippen molar-refractivity contribution < 1.29 is 14.6 Å². The Morgan fingerprint density at radius 2 is 2.08 bits per heavy atom. The molecule has 3 nitrogen and oxygen atoms in total. The topological polar surface area (TPSA) is 46.5 Å². The van der Waals surface area contributed by atoms with Gasteiger partial charge in [-0.1, -0.05) is 37.3 Å². The molecule has 0 heterocycles. The zero-order chi connectivity index (χ0) is 9.73. The van der Waals surface area contributed by atoms with E-state index >= 15 is 0 Å². The lowest BCUT2D eigenvalue weighted by molar-refractivity contribution is -0.158. The van der Waals surface area contributed by atoms with Crippen LogP contribution in [0.5, 0.6) is 0 Å². The summed E-state index contributed by atoms with van der Waals surface area (Å²) in [6, 6.07) is 8.75. The largest absolute Gasteiger partial charge is 0.420 e. The van der Waals surface area contributed by atoms with Crippen molar-refractivity contribution in [1.82, 2.24) is 0 Å². The maximum absolute atomic E-state index is 10.0. The van der Waals surface area contributed by atoms with Gasteiger partial charge in [0.05, 0.1) is 0 Å². The molecule has 1 aromatic carbocycles. The Labute approximate surface area is 77.0 Å². The van der Waals surface area contributed by atoms with Gasteiger partial charge in [-0.05, 0) is 0 Å². The van der Waals surface area contributed by atoms with E-state index in [9.17, 15) is 9.90 Å². The van der Waals surface area contributed by atoms with Crippen molar-refractivity contribution in [1.29, 1.82) is 0 Å². The molecule has 0 aliphatic rings. The normalized spacial score (nSPS) is 14.6. The Balaban J connectivity index is 2.95. The van der Waals surface area contributed by atoms with Crippen molar-refractivity contribution >= 4 is 6.47 Å². The van der Waals surface area contributed by atoms with Gasteiger partial charge in [0.15, 0.2) is 0 Å². The van der Waals surface area contributed by atoms with E-state index in [2.05, 4.69) is 4.74 Å². The number of benzene rings is 1. The van der Waals surface area contributed by atoms with Gasteiger partial charge in [-0.3, -0.25) is 0 Å². The predicted octanol–water partition coefficient (Wildman–Crippen LogP) is 1.33. The van der Waals surface area contributed by atoms with Gasteiger partial charge < -0.3 is 9.84 Å². The van der Waals surface area contributed by atoms with Gasteiger partial charge in [0, 0.05) is 12.0 Å². The lowest BCUT2D eigenvalue weighted by atomic mass is 10.0. The summed E-state index contributed by atoms with van der Waals surface area (Å²) in [4.78, 5) is 10.0. The van der Waals surface area contributed by atoms with Gasteiger partial charge in [0.2, 0.25) is 5.79 Å². The number of hydrogen-bond donors (Lipinski definition) is 1. The second-order valence-electron chi connectivity index (χ2n) is 2.69. The van der Waals surface area contributed by atoms with Crippen LogP contribution in [0.15, 0.2) is 30.3 Å². The Morgan fingerprint density at radius 1 is 1.46 bits per heavy atom. The van der Waals surface area contributed by atoms with Crippen LogP contribution in [0.3, 0.4) is 0 Å². The zero-order valence-corrected chi connectivity index (χ0v) is 7.36. The van der Waals surface area contributed by atoms with Crippen molar-refractivity contribution in [2.45, 2.75) is 19.1 Å². The molecule has 1 unspecified atom stereocenters. The van der Waals surface area contributed by atoms with Gasteiger partial charge in [0.25, 0.3) is 0 Å². The maximum Gasteiger partial charge on any atom is 0.420 e. The van der Waals surface area contributed by atoms with Crippen LogP contribution in [-0.4, -0.2) is 11.6 Å². The second kappa shape index (κ2) is 4.05. The first-order valence-corrected chi connectivity index (χ1v) is 4.06. The predicted molar refractivity (Wildman–Crippen MR) is 47.4 cm³/mol. The Hall–Kier alpha value is -1.35. The third-order valence-electron chi connectivity index (χ3n) is 1.91. The van der Waals surface area contributed by atoms with E-state index in [0.717, 1.165) is 0 Å². The minimum atomic E-state index is -1.54. The summed E-state index contributed by atoms with van der Waals surface area (Å²) >= 11 is 0. The number of rotatable bonds is 4. The molecule has 0 aliphatic carbocycles. The summed E-state index contributed by atoms with van der Waals surface area (Å²) in [6.45, 7) is 2.98. The first kappa shape index (κ1) is 9.74. The number of ether oxygens (including phenoxy) is 1. The van der Waals surface area contributed by atoms with Crippen molar-refractivity contribution in [3.63, 3.8) is 0 Å². The maximum atomic E-state index is 10.0. The SMILES string of the molecule is CCC(O)(O[C]=O)c1ccccc1. The van der Waals surface area contributed by atoms with Gasteiger partial charge in [0.1, 0.15) is 0 Å². The molecule has 1 radical (unpaired) electrons. The molecule has 0 fully saturated rings. The molecule has 69 valence electrons. The van der Waals surface area contributed by atoms with Gasteiger partial charge in [-0.25, -0.2) is 4.79 Å². The fourth-order valence-corrected chi connectivity index (χ4v) is 1.10. The summed E-state index contributed by atoms with van der Waals surface area (Å²) in [6.07, 6.45) is 0.298. The number of carbonyl (C=O) groups excluding carboxylic acids is 1. The van der Waals surface area contributed by atoms with Crippen LogP contribution in [-0.2, 0) is 15.3 Å². The summed E-state index contributed by atoms with van der Waals surface area (Å²) in [5.74, 6) is -1.54. The highest BCUT2D eigenvalue weighted by Gasteiger charge is 2.28. The molecule has 1 N–H and O–H groups in total. The van der Waals surface area contributed by atoms with Crippen LogP contribution in [0.2, 0.25) is 0 Å². The van der Waals surface area contributed by atoms with Crippen molar-refractivity contribution in [3.8, 4) is 0 Å². The molecule has 3 heteroatoms. The molecule has 0 saturated carbocycles. The second-order valence-corrected chi connectivity index (χ2v) is 2.69. The van der Waals surface area contributed by atoms with Crippen LogP contribution in [0.25, 0.3) is 0 Å². The Morgan fingerprint density at radius 3 is 2.54 bits per heavy atom. The molecule has 0 bridgehead atoms. The average Bonchev–Trinajstić information content (AvgIpc) is 2.19. The van der Waals surface area contributed by atoms with E-state index < -0.39 is 5.79 Å². The van der Waals surface area contributed by atoms with Gasteiger partial charge >= 0.3 is 6.47 Å². The van der Waals surface area contributed by atoms with Crippen molar-refractivity contribution in [2.24, 2.45) is 0 Å². The lowest BCUT2D eigenvalue weighted by Crippen LogP contribution is -2.27. The third kappa shape index (κ3) is 2.06. The van der Waals surface area contributed by atoms with E-state index in [1.807, 2.05) is 6.07 Å². The van der Waals surface area contributed by atoms with Crippen LogP contribution in [0.4, 0.5) is 0 Å². The molecule has 1 rings (SSSR count).